The first-order chi connectivity index (χ1) is 12.4. The zero-order valence-corrected chi connectivity index (χ0v) is 18.8. The van der Waals surface area contributed by atoms with Gasteiger partial charge in [0.2, 0.25) is 5.91 Å². The van der Waals surface area contributed by atoms with Crippen molar-refractivity contribution in [3.05, 3.63) is 29.8 Å². The lowest BCUT2D eigenvalue weighted by Gasteiger charge is -2.57. The van der Waals surface area contributed by atoms with E-state index in [1.165, 1.54) is 31.5 Å². The number of nitrogens with two attached hydrogens (primary N) is 1. The highest BCUT2D eigenvalue weighted by atomic mass is 35.5. The van der Waals surface area contributed by atoms with Crippen LogP contribution in [0.1, 0.15) is 45.6 Å². The van der Waals surface area contributed by atoms with Crippen molar-refractivity contribution in [1.29, 1.82) is 0 Å². The van der Waals surface area contributed by atoms with Crippen molar-refractivity contribution in [2.24, 2.45) is 11.1 Å². The molecular formula is C21H35Cl2N3O2. The van der Waals surface area contributed by atoms with Gasteiger partial charge in [0.1, 0.15) is 5.54 Å². The maximum Gasteiger partial charge on any atom is 0.245 e. The summed E-state index contributed by atoms with van der Waals surface area (Å²) in [6.45, 7) is 10.2. The Kier molecular flexibility index (Phi) is 9.23. The molecule has 5 nitrogen and oxygen atoms in total. The van der Waals surface area contributed by atoms with Crippen molar-refractivity contribution >= 4 is 36.4 Å². The Morgan fingerprint density at radius 1 is 1.21 bits per heavy atom. The van der Waals surface area contributed by atoms with Crippen LogP contribution in [0.5, 0.6) is 0 Å². The molecule has 3 rings (SSSR count). The van der Waals surface area contributed by atoms with E-state index >= 15 is 0 Å². The van der Waals surface area contributed by atoms with Crippen LogP contribution in [0.15, 0.2) is 24.3 Å². The molecule has 2 fully saturated rings. The van der Waals surface area contributed by atoms with E-state index in [0.717, 1.165) is 18.7 Å². The highest BCUT2D eigenvalue weighted by Gasteiger charge is 2.62. The van der Waals surface area contributed by atoms with Crippen LogP contribution in [-0.2, 0) is 16.0 Å². The largest absolute Gasteiger partial charge is 0.378 e. The summed E-state index contributed by atoms with van der Waals surface area (Å²) in [5.41, 5.74) is 7.29. The molecular weight excluding hydrogens is 397 g/mol. The quantitative estimate of drug-likeness (QED) is 0.691. The van der Waals surface area contributed by atoms with Gasteiger partial charge in [0, 0.05) is 30.7 Å². The molecule has 0 aromatic heterocycles. The average molecular weight is 432 g/mol. The Balaban J connectivity index is 0.00000196. The molecule has 1 aliphatic carbocycles. The number of hydrogen-bond donors (Lipinski definition) is 2. The minimum Gasteiger partial charge on any atom is -0.378 e. The summed E-state index contributed by atoms with van der Waals surface area (Å²) in [5, 5.41) is 3.00. The van der Waals surface area contributed by atoms with Gasteiger partial charge in [0.05, 0.1) is 6.10 Å². The van der Waals surface area contributed by atoms with Crippen LogP contribution in [0.3, 0.4) is 0 Å². The fraction of sp³-hybridized carbons (Fsp3) is 0.667. The number of likely N-dealkylation sites (tertiary alicyclic amines) is 1. The van der Waals surface area contributed by atoms with Gasteiger partial charge >= 0.3 is 0 Å². The minimum absolute atomic E-state index is 0. The average Bonchev–Trinajstić information content (AvgIpc) is 3.14. The maximum atomic E-state index is 12.8. The smallest absolute Gasteiger partial charge is 0.245 e. The van der Waals surface area contributed by atoms with Crippen LogP contribution >= 0.6 is 24.8 Å². The summed E-state index contributed by atoms with van der Waals surface area (Å²) < 4.78 is 5.71. The SMILES string of the molecule is CCOC1CC(N)(C(=O)Nc2ccc(CCN3CCCC3)cc2)C1(C)C.Cl.Cl. The fourth-order valence-electron chi connectivity index (χ4n) is 4.11. The molecule has 0 bridgehead atoms. The third kappa shape index (κ3) is 5.00. The van der Waals surface area contributed by atoms with Crippen molar-refractivity contribution in [1.82, 2.24) is 4.90 Å². The van der Waals surface area contributed by atoms with Crippen LogP contribution in [-0.4, -0.2) is 48.7 Å². The fourth-order valence-corrected chi connectivity index (χ4v) is 4.11. The molecule has 1 aromatic rings. The van der Waals surface area contributed by atoms with Gasteiger partial charge in [-0.15, -0.1) is 24.8 Å². The number of carbonyl (C=O) groups is 1. The Labute approximate surface area is 181 Å². The molecule has 2 atom stereocenters. The number of amides is 1. The van der Waals surface area contributed by atoms with Crippen LogP contribution in [0.2, 0.25) is 0 Å². The molecule has 7 heteroatoms. The summed E-state index contributed by atoms with van der Waals surface area (Å²) in [6, 6.07) is 8.16. The molecule has 1 aliphatic heterocycles. The maximum absolute atomic E-state index is 12.8. The molecule has 160 valence electrons. The number of rotatable bonds is 7. The van der Waals surface area contributed by atoms with Crippen molar-refractivity contribution in [3.63, 3.8) is 0 Å². The molecule has 1 saturated heterocycles. The molecule has 1 heterocycles. The van der Waals surface area contributed by atoms with Crippen LogP contribution in [0.4, 0.5) is 5.69 Å². The Morgan fingerprint density at radius 2 is 1.82 bits per heavy atom. The van der Waals surface area contributed by atoms with Crippen LogP contribution in [0.25, 0.3) is 0 Å². The number of hydrogen-bond acceptors (Lipinski definition) is 4. The van der Waals surface area contributed by atoms with E-state index in [1.54, 1.807) is 0 Å². The number of benzene rings is 1. The van der Waals surface area contributed by atoms with Gasteiger partial charge in [0.15, 0.2) is 0 Å². The number of anilines is 1. The van der Waals surface area contributed by atoms with E-state index < -0.39 is 5.54 Å². The minimum atomic E-state index is -0.888. The first-order valence-corrected chi connectivity index (χ1v) is 9.90. The standard InChI is InChI=1S/C21H33N3O2.2ClH/c1-4-26-18-15-21(22,20(18,2)3)19(25)23-17-9-7-16(8-10-17)11-14-24-12-5-6-13-24;;/h7-10,18H,4-6,11-15,22H2,1-3H3,(H,23,25);2*1H. The van der Waals surface area contributed by atoms with Crippen molar-refractivity contribution in [2.45, 2.75) is 58.1 Å². The molecule has 0 radical (unpaired) electrons. The van der Waals surface area contributed by atoms with E-state index in [9.17, 15) is 4.79 Å². The number of carbonyl (C=O) groups excluding carboxylic acids is 1. The van der Waals surface area contributed by atoms with Gasteiger partial charge in [-0.25, -0.2) is 0 Å². The predicted octanol–water partition coefficient (Wildman–Crippen LogP) is 3.64. The summed E-state index contributed by atoms with van der Waals surface area (Å²) in [6.07, 6.45) is 4.31. The predicted molar refractivity (Wildman–Crippen MR) is 120 cm³/mol. The van der Waals surface area contributed by atoms with Gasteiger partial charge < -0.3 is 20.7 Å². The van der Waals surface area contributed by atoms with E-state index in [-0.39, 0.29) is 42.2 Å². The zero-order valence-electron chi connectivity index (χ0n) is 17.2. The molecule has 2 aliphatic rings. The van der Waals surface area contributed by atoms with Crippen molar-refractivity contribution in [2.75, 3.05) is 31.6 Å². The lowest BCUT2D eigenvalue weighted by Crippen LogP contribution is -2.74. The second-order valence-electron chi connectivity index (χ2n) is 8.29. The van der Waals surface area contributed by atoms with Gasteiger partial charge in [-0.1, -0.05) is 26.0 Å². The molecule has 28 heavy (non-hydrogen) atoms. The number of ether oxygens (including phenoxy) is 1. The lowest BCUT2D eigenvalue weighted by atomic mass is 9.54. The number of nitrogens with one attached hydrogen (secondary N) is 1. The first kappa shape index (κ1) is 25.2. The third-order valence-electron chi connectivity index (χ3n) is 6.36. The molecule has 1 saturated carbocycles. The molecule has 1 aromatic carbocycles. The molecule has 2 unspecified atom stereocenters. The van der Waals surface area contributed by atoms with E-state index in [4.69, 9.17) is 10.5 Å². The molecule has 1 amide bonds. The van der Waals surface area contributed by atoms with Crippen LogP contribution < -0.4 is 11.1 Å². The highest BCUT2D eigenvalue weighted by Crippen LogP contribution is 2.50. The Bertz CT molecular complexity index is 633. The van der Waals surface area contributed by atoms with Gasteiger partial charge in [-0.2, -0.15) is 0 Å². The summed E-state index contributed by atoms with van der Waals surface area (Å²) in [4.78, 5) is 15.3. The Morgan fingerprint density at radius 3 is 2.36 bits per heavy atom. The zero-order chi connectivity index (χ0) is 18.8. The van der Waals surface area contributed by atoms with E-state index in [0.29, 0.717) is 13.0 Å². The van der Waals surface area contributed by atoms with Gasteiger partial charge in [-0.3, -0.25) is 4.79 Å². The van der Waals surface area contributed by atoms with Crippen LogP contribution in [0, 0.1) is 5.41 Å². The van der Waals surface area contributed by atoms with Crippen molar-refractivity contribution in [3.8, 4) is 0 Å². The summed E-state index contributed by atoms with van der Waals surface area (Å²) in [7, 11) is 0. The highest BCUT2D eigenvalue weighted by molar-refractivity contribution is 5.99. The lowest BCUT2D eigenvalue weighted by molar-refractivity contribution is -0.166. The van der Waals surface area contributed by atoms with Gasteiger partial charge in [-0.05, 0) is 57.0 Å². The topological polar surface area (TPSA) is 67.6 Å². The normalized spacial score (nSPS) is 25.9. The number of nitrogens with zero attached hydrogens (tertiary/aromatic N) is 1. The second kappa shape index (κ2) is 10.3. The summed E-state index contributed by atoms with van der Waals surface area (Å²) in [5.74, 6) is -0.122. The van der Waals surface area contributed by atoms with Crippen molar-refractivity contribution < 1.29 is 9.53 Å². The first-order valence-electron chi connectivity index (χ1n) is 9.90. The molecule has 0 spiro atoms. The monoisotopic (exact) mass is 431 g/mol. The number of halogens is 2. The third-order valence-corrected chi connectivity index (χ3v) is 6.36. The van der Waals surface area contributed by atoms with E-state index in [1.807, 2.05) is 32.9 Å². The molecule has 3 N–H and O–H groups in total. The summed E-state index contributed by atoms with van der Waals surface area (Å²) >= 11 is 0. The second-order valence-corrected chi connectivity index (χ2v) is 8.29. The van der Waals surface area contributed by atoms with E-state index in [2.05, 4.69) is 22.3 Å². The van der Waals surface area contributed by atoms with Gasteiger partial charge in [0.25, 0.3) is 0 Å². The Hall–Kier alpha value is -0.850.